The second kappa shape index (κ2) is 6.94. The smallest absolute Gasteiger partial charge is 0.262 e. The van der Waals surface area contributed by atoms with Gasteiger partial charge in [0.05, 0.1) is 9.26 Å². The first-order valence-corrected chi connectivity index (χ1v) is 7.65. The van der Waals surface area contributed by atoms with E-state index in [-0.39, 0.29) is 12.5 Å². The highest BCUT2D eigenvalue weighted by atomic mass is 127. The highest BCUT2D eigenvalue weighted by Crippen LogP contribution is 2.24. The number of carbonyl (C=O) groups is 1. The van der Waals surface area contributed by atoms with E-state index < -0.39 is 0 Å². The van der Waals surface area contributed by atoms with Crippen molar-refractivity contribution in [2.45, 2.75) is 0 Å². The summed E-state index contributed by atoms with van der Waals surface area (Å²) in [6.45, 7) is -0.0448. The molecule has 0 aliphatic carbocycles. The molecule has 0 spiro atoms. The molecule has 3 N–H and O–H groups in total. The average molecular weight is 447 g/mol. The molecule has 0 aromatic heterocycles. The van der Waals surface area contributed by atoms with Crippen LogP contribution in [0.2, 0.25) is 0 Å². The van der Waals surface area contributed by atoms with Crippen LogP contribution >= 0.6 is 38.5 Å². The third-order valence-electron chi connectivity index (χ3n) is 2.46. The SMILES string of the molecule is Nc1ccc(NC(=O)COc2ccccc2I)c(Br)c1. The van der Waals surface area contributed by atoms with Crippen LogP contribution in [0.5, 0.6) is 5.75 Å². The Hall–Kier alpha value is -1.28. The van der Waals surface area contributed by atoms with Crippen LogP contribution in [0.3, 0.4) is 0 Å². The zero-order chi connectivity index (χ0) is 14.5. The van der Waals surface area contributed by atoms with Gasteiger partial charge in [-0.2, -0.15) is 0 Å². The Morgan fingerprint density at radius 3 is 2.75 bits per heavy atom. The molecule has 0 bridgehead atoms. The third-order valence-corrected chi connectivity index (χ3v) is 4.01. The molecule has 104 valence electrons. The van der Waals surface area contributed by atoms with Gasteiger partial charge in [0.15, 0.2) is 6.61 Å². The van der Waals surface area contributed by atoms with Gasteiger partial charge in [0.25, 0.3) is 5.91 Å². The van der Waals surface area contributed by atoms with E-state index in [1.165, 1.54) is 0 Å². The third kappa shape index (κ3) is 4.11. The van der Waals surface area contributed by atoms with Crippen molar-refractivity contribution >= 4 is 55.8 Å². The van der Waals surface area contributed by atoms with Gasteiger partial charge in [-0.15, -0.1) is 0 Å². The summed E-state index contributed by atoms with van der Waals surface area (Å²) in [5.74, 6) is 0.467. The van der Waals surface area contributed by atoms with Crippen LogP contribution in [0.25, 0.3) is 0 Å². The Morgan fingerprint density at radius 1 is 1.30 bits per heavy atom. The lowest BCUT2D eigenvalue weighted by Crippen LogP contribution is -2.20. The van der Waals surface area contributed by atoms with E-state index in [9.17, 15) is 4.79 Å². The van der Waals surface area contributed by atoms with E-state index in [1.54, 1.807) is 18.2 Å². The molecule has 2 aromatic carbocycles. The van der Waals surface area contributed by atoms with Gasteiger partial charge in [0.1, 0.15) is 5.75 Å². The molecule has 0 fully saturated rings. The van der Waals surface area contributed by atoms with Gasteiger partial charge in [-0.1, -0.05) is 12.1 Å². The van der Waals surface area contributed by atoms with Gasteiger partial charge in [-0.05, 0) is 68.9 Å². The molecule has 2 aromatic rings. The lowest BCUT2D eigenvalue weighted by molar-refractivity contribution is -0.118. The summed E-state index contributed by atoms with van der Waals surface area (Å²) < 4.78 is 7.18. The number of halogens is 2. The first-order valence-electron chi connectivity index (χ1n) is 5.78. The summed E-state index contributed by atoms with van der Waals surface area (Å²) in [6, 6.07) is 12.7. The van der Waals surface area contributed by atoms with Crippen LogP contribution < -0.4 is 15.8 Å². The van der Waals surface area contributed by atoms with Crippen molar-refractivity contribution in [3.63, 3.8) is 0 Å². The minimum Gasteiger partial charge on any atom is -0.483 e. The molecule has 0 aliphatic heterocycles. The van der Waals surface area contributed by atoms with Crippen LogP contribution in [0.4, 0.5) is 11.4 Å². The van der Waals surface area contributed by atoms with Gasteiger partial charge in [-0.25, -0.2) is 0 Å². The highest BCUT2D eigenvalue weighted by Gasteiger charge is 2.08. The predicted molar refractivity (Wildman–Crippen MR) is 91.8 cm³/mol. The molecule has 0 aliphatic rings. The number of hydrogen-bond donors (Lipinski definition) is 2. The molecule has 2 rings (SSSR count). The molecule has 0 saturated heterocycles. The van der Waals surface area contributed by atoms with Crippen molar-refractivity contribution in [3.8, 4) is 5.75 Å². The summed E-state index contributed by atoms with van der Waals surface area (Å²) >= 11 is 5.51. The fourth-order valence-electron chi connectivity index (χ4n) is 1.52. The summed E-state index contributed by atoms with van der Waals surface area (Å²) in [7, 11) is 0. The highest BCUT2D eigenvalue weighted by molar-refractivity contribution is 14.1. The Morgan fingerprint density at radius 2 is 2.05 bits per heavy atom. The van der Waals surface area contributed by atoms with Crippen molar-refractivity contribution in [2.75, 3.05) is 17.7 Å². The molecule has 1 amide bonds. The van der Waals surface area contributed by atoms with Gasteiger partial charge < -0.3 is 15.8 Å². The molecule has 0 atom stereocenters. The van der Waals surface area contributed by atoms with Gasteiger partial charge in [0, 0.05) is 10.2 Å². The van der Waals surface area contributed by atoms with Crippen molar-refractivity contribution in [2.24, 2.45) is 0 Å². The van der Waals surface area contributed by atoms with E-state index in [0.29, 0.717) is 17.1 Å². The van der Waals surface area contributed by atoms with Gasteiger partial charge >= 0.3 is 0 Å². The average Bonchev–Trinajstić information content (AvgIpc) is 2.41. The molecule has 0 heterocycles. The van der Waals surface area contributed by atoms with Crippen LogP contribution in [-0.4, -0.2) is 12.5 Å². The Kier molecular flexibility index (Phi) is 5.24. The predicted octanol–water partition coefficient (Wildman–Crippen LogP) is 3.65. The van der Waals surface area contributed by atoms with E-state index in [4.69, 9.17) is 10.5 Å². The number of carbonyl (C=O) groups excluding carboxylic acids is 1. The van der Waals surface area contributed by atoms with E-state index in [1.807, 2.05) is 24.3 Å². The summed E-state index contributed by atoms with van der Waals surface area (Å²) in [6.07, 6.45) is 0. The summed E-state index contributed by atoms with van der Waals surface area (Å²) in [4.78, 5) is 11.8. The second-order valence-electron chi connectivity index (χ2n) is 4.01. The Labute approximate surface area is 139 Å². The molecule has 0 radical (unpaired) electrons. The standard InChI is InChI=1S/C14H12BrIN2O2/c15-10-7-9(17)5-6-12(10)18-14(19)8-20-13-4-2-1-3-11(13)16/h1-7H,8,17H2,(H,18,19). The van der Waals surface area contributed by atoms with Gasteiger partial charge in [-0.3, -0.25) is 4.79 Å². The quantitative estimate of drug-likeness (QED) is 0.556. The number of amides is 1. The van der Waals surface area contributed by atoms with Gasteiger partial charge in [0.2, 0.25) is 0 Å². The van der Waals surface area contributed by atoms with Crippen LogP contribution in [0.15, 0.2) is 46.9 Å². The number of nitrogens with two attached hydrogens (primary N) is 1. The fourth-order valence-corrected chi connectivity index (χ4v) is 2.56. The topological polar surface area (TPSA) is 64.3 Å². The number of para-hydroxylation sites is 1. The first kappa shape index (κ1) is 15.1. The number of ether oxygens (including phenoxy) is 1. The van der Waals surface area contributed by atoms with Crippen LogP contribution in [0.1, 0.15) is 0 Å². The maximum Gasteiger partial charge on any atom is 0.262 e. The maximum absolute atomic E-state index is 11.8. The van der Waals surface area contributed by atoms with E-state index in [0.717, 1.165) is 8.04 Å². The monoisotopic (exact) mass is 446 g/mol. The van der Waals surface area contributed by atoms with Crippen molar-refractivity contribution < 1.29 is 9.53 Å². The number of hydrogen-bond acceptors (Lipinski definition) is 3. The number of rotatable bonds is 4. The normalized spacial score (nSPS) is 10.1. The Balaban J connectivity index is 1.94. The molecular formula is C14H12BrIN2O2. The minimum atomic E-state index is -0.227. The summed E-state index contributed by atoms with van der Waals surface area (Å²) in [5.41, 5.74) is 6.93. The minimum absolute atomic E-state index is 0.0448. The summed E-state index contributed by atoms with van der Waals surface area (Å²) in [5, 5.41) is 2.76. The number of nitrogens with one attached hydrogen (secondary N) is 1. The van der Waals surface area contributed by atoms with E-state index >= 15 is 0 Å². The number of nitrogen functional groups attached to an aromatic ring is 1. The van der Waals surface area contributed by atoms with Crippen molar-refractivity contribution in [3.05, 3.63) is 50.5 Å². The second-order valence-corrected chi connectivity index (χ2v) is 6.02. The molecule has 4 nitrogen and oxygen atoms in total. The lowest BCUT2D eigenvalue weighted by atomic mass is 10.3. The molecule has 6 heteroatoms. The molecule has 0 saturated carbocycles. The van der Waals surface area contributed by atoms with Crippen LogP contribution in [0, 0.1) is 3.57 Å². The molecule has 0 unspecified atom stereocenters. The fraction of sp³-hybridized carbons (Fsp3) is 0.0714. The Bertz CT molecular complexity index is 634. The van der Waals surface area contributed by atoms with E-state index in [2.05, 4.69) is 43.8 Å². The molecule has 20 heavy (non-hydrogen) atoms. The zero-order valence-electron chi connectivity index (χ0n) is 10.4. The van der Waals surface area contributed by atoms with Crippen molar-refractivity contribution in [1.29, 1.82) is 0 Å². The largest absolute Gasteiger partial charge is 0.483 e. The maximum atomic E-state index is 11.8. The first-order chi connectivity index (χ1) is 9.56. The number of benzene rings is 2. The lowest BCUT2D eigenvalue weighted by Gasteiger charge is -2.10. The van der Waals surface area contributed by atoms with Crippen LogP contribution in [-0.2, 0) is 4.79 Å². The zero-order valence-corrected chi connectivity index (χ0v) is 14.1. The van der Waals surface area contributed by atoms with Crippen molar-refractivity contribution in [1.82, 2.24) is 0 Å². The molecular weight excluding hydrogens is 435 g/mol. The number of anilines is 2.